The summed E-state index contributed by atoms with van der Waals surface area (Å²) >= 11 is 0. The molecule has 0 radical (unpaired) electrons. The summed E-state index contributed by atoms with van der Waals surface area (Å²) in [6.45, 7) is 2.21. The van der Waals surface area contributed by atoms with E-state index in [1.165, 1.54) is 13.3 Å². The Morgan fingerprint density at radius 2 is 1.68 bits per heavy atom. The second-order valence-corrected chi connectivity index (χ2v) is 7.08. The van der Waals surface area contributed by atoms with Gasteiger partial charge in [-0.15, -0.1) is 0 Å². The lowest BCUT2D eigenvalue weighted by Gasteiger charge is -2.13. The molecule has 0 saturated heterocycles. The first-order valence-electron chi connectivity index (χ1n) is 10.7. The molecule has 0 aromatic heterocycles. The first kappa shape index (κ1) is 24.4. The molecule has 0 unspecified atom stereocenters. The highest BCUT2D eigenvalue weighted by Gasteiger charge is 2.18. The molecule has 7 nitrogen and oxygen atoms in total. The largest absolute Gasteiger partial charge is 0.506 e. The van der Waals surface area contributed by atoms with Crippen LogP contribution < -0.4 is 14.2 Å². The van der Waals surface area contributed by atoms with Gasteiger partial charge in [0, 0.05) is 11.8 Å². The highest BCUT2D eigenvalue weighted by Crippen LogP contribution is 2.32. The molecule has 0 fully saturated rings. The molecule has 0 aliphatic carbocycles. The number of rotatable bonds is 10. The number of hydrogen-bond acceptors (Lipinski definition) is 7. The van der Waals surface area contributed by atoms with Crippen molar-refractivity contribution in [1.82, 2.24) is 0 Å². The van der Waals surface area contributed by atoms with Gasteiger partial charge in [-0.1, -0.05) is 30.3 Å². The summed E-state index contributed by atoms with van der Waals surface area (Å²) in [6.07, 6.45) is 1.28. The van der Waals surface area contributed by atoms with Crippen LogP contribution in [-0.4, -0.2) is 38.1 Å². The van der Waals surface area contributed by atoms with Crippen molar-refractivity contribution in [2.24, 2.45) is 4.99 Å². The fraction of sp³-hybridized carbons (Fsp3) is 0.185. The molecule has 0 spiro atoms. The zero-order chi connectivity index (χ0) is 24.3. The molecule has 34 heavy (non-hydrogen) atoms. The lowest BCUT2D eigenvalue weighted by molar-refractivity contribution is -0.137. The lowest BCUT2D eigenvalue weighted by Crippen LogP contribution is -2.11. The third-order valence-electron chi connectivity index (χ3n) is 4.84. The maximum atomic E-state index is 12.6. The molecule has 176 valence electrons. The summed E-state index contributed by atoms with van der Waals surface area (Å²) in [5, 5.41) is 10.9. The van der Waals surface area contributed by atoms with Gasteiger partial charge in [0.1, 0.15) is 23.7 Å². The maximum Gasteiger partial charge on any atom is 0.343 e. The molecule has 0 saturated carbocycles. The zero-order valence-corrected chi connectivity index (χ0v) is 19.4. The number of esters is 1. The predicted octanol–water partition coefficient (Wildman–Crippen LogP) is 5.52. The Kier molecular flexibility index (Phi) is 8.68. The molecular weight excluding hydrogens is 434 g/mol. The van der Waals surface area contributed by atoms with E-state index in [1.54, 1.807) is 56.5 Å². The smallest absolute Gasteiger partial charge is 0.343 e. The molecule has 0 heterocycles. The number of aliphatic imine (C=N–C) groups is 1. The van der Waals surface area contributed by atoms with E-state index in [4.69, 9.17) is 18.9 Å². The Bertz CT molecular complexity index is 1150. The molecule has 0 atom stereocenters. The quantitative estimate of drug-likeness (QED) is 0.185. The van der Waals surface area contributed by atoms with Crippen molar-refractivity contribution in [1.29, 1.82) is 0 Å². The molecule has 0 aliphatic rings. The van der Waals surface area contributed by atoms with E-state index in [1.807, 2.05) is 30.3 Å². The molecule has 1 N–H and O–H groups in total. The second kappa shape index (κ2) is 12.1. The van der Waals surface area contributed by atoms with Gasteiger partial charge in [-0.2, -0.15) is 0 Å². The van der Waals surface area contributed by atoms with E-state index in [0.29, 0.717) is 35.1 Å². The van der Waals surface area contributed by atoms with E-state index >= 15 is 0 Å². The number of aliphatic hydroxyl groups excluding tert-OH is 1. The van der Waals surface area contributed by atoms with Crippen LogP contribution in [0.15, 0.2) is 83.4 Å². The Balaban J connectivity index is 1.89. The van der Waals surface area contributed by atoms with E-state index in [-0.39, 0.29) is 17.9 Å². The van der Waals surface area contributed by atoms with Gasteiger partial charge in [-0.05, 0) is 55.0 Å². The van der Waals surface area contributed by atoms with Crippen LogP contribution >= 0.6 is 0 Å². The fourth-order valence-corrected chi connectivity index (χ4v) is 3.05. The lowest BCUT2D eigenvalue weighted by atomic mass is 10.1. The Labute approximate surface area is 198 Å². The summed E-state index contributed by atoms with van der Waals surface area (Å²) in [6, 6.07) is 21.6. The summed E-state index contributed by atoms with van der Waals surface area (Å²) in [4.78, 5) is 16.9. The first-order chi connectivity index (χ1) is 16.5. The first-order valence-corrected chi connectivity index (χ1v) is 10.7. The van der Waals surface area contributed by atoms with E-state index < -0.39 is 5.97 Å². The van der Waals surface area contributed by atoms with Gasteiger partial charge in [0.2, 0.25) is 0 Å². The van der Waals surface area contributed by atoms with E-state index in [2.05, 4.69) is 4.99 Å². The fourth-order valence-electron chi connectivity index (χ4n) is 3.05. The van der Waals surface area contributed by atoms with Crippen LogP contribution in [0.1, 0.15) is 18.1 Å². The number of methoxy groups -OCH3 is 2. The van der Waals surface area contributed by atoms with Crippen molar-refractivity contribution in [3.63, 3.8) is 0 Å². The summed E-state index contributed by atoms with van der Waals surface area (Å²) in [5.41, 5.74) is 1.86. The number of carbonyl (C=O) groups excluding carboxylic acids is 1. The molecule has 3 aromatic carbocycles. The van der Waals surface area contributed by atoms with E-state index in [0.717, 1.165) is 5.56 Å². The number of nitrogens with zero attached hydrogens (tertiary/aromatic N) is 1. The third kappa shape index (κ3) is 6.38. The van der Waals surface area contributed by atoms with Gasteiger partial charge in [-0.3, -0.25) is 4.99 Å². The maximum absolute atomic E-state index is 12.6. The highest BCUT2D eigenvalue weighted by molar-refractivity contribution is 6.15. The zero-order valence-electron chi connectivity index (χ0n) is 19.4. The topological polar surface area (TPSA) is 86.6 Å². The van der Waals surface area contributed by atoms with Crippen LogP contribution in [0.4, 0.5) is 5.69 Å². The number of benzene rings is 3. The number of aliphatic hydroxyl groups is 1. The molecule has 0 bridgehead atoms. The molecular formula is C27H27NO6. The minimum absolute atomic E-state index is 0.0855. The standard InChI is InChI=1S/C27H27NO6/c1-4-33-27(30)23(17-28-21-11-13-22(31-2)14-12-21)26(29)20-10-15-24(25(16-20)32-3)34-18-19-8-6-5-7-9-19/h5-17,29H,4,18H2,1-3H3/b26-23+,28-17?. The molecule has 0 amide bonds. The second-order valence-electron chi connectivity index (χ2n) is 7.08. The number of hydrogen-bond donors (Lipinski definition) is 1. The predicted molar refractivity (Wildman–Crippen MR) is 131 cm³/mol. The van der Waals surface area contributed by atoms with Gasteiger partial charge >= 0.3 is 5.97 Å². The average Bonchev–Trinajstić information content (AvgIpc) is 2.88. The summed E-state index contributed by atoms with van der Waals surface area (Å²) in [5.74, 6) is 0.622. The van der Waals surface area contributed by atoms with Gasteiger partial charge in [0.15, 0.2) is 11.5 Å². The van der Waals surface area contributed by atoms with Gasteiger partial charge in [-0.25, -0.2) is 4.79 Å². The molecule has 3 rings (SSSR count). The van der Waals surface area contributed by atoms with Crippen LogP contribution in [0.25, 0.3) is 5.76 Å². The minimum Gasteiger partial charge on any atom is -0.506 e. The number of carbonyl (C=O) groups is 1. The van der Waals surface area contributed by atoms with Gasteiger partial charge in [0.05, 0.1) is 26.5 Å². The van der Waals surface area contributed by atoms with Crippen LogP contribution in [0.5, 0.6) is 17.2 Å². The Hall–Kier alpha value is -4.26. The minimum atomic E-state index is -0.694. The van der Waals surface area contributed by atoms with Crippen molar-refractivity contribution in [3.05, 3.63) is 89.5 Å². The molecule has 7 heteroatoms. The molecule has 0 aliphatic heterocycles. The molecule has 3 aromatic rings. The average molecular weight is 462 g/mol. The Morgan fingerprint density at radius 3 is 2.32 bits per heavy atom. The summed E-state index contributed by atoms with van der Waals surface area (Å²) < 4.78 is 21.6. The van der Waals surface area contributed by atoms with Gasteiger partial charge < -0.3 is 24.1 Å². The van der Waals surface area contributed by atoms with E-state index in [9.17, 15) is 9.90 Å². The SMILES string of the molecule is CCOC(=O)/C(C=Nc1ccc(OC)cc1)=C(/O)c1ccc(OCc2ccccc2)c(OC)c1. The van der Waals surface area contributed by atoms with Crippen molar-refractivity contribution >= 4 is 23.6 Å². The van der Waals surface area contributed by atoms with Crippen molar-refractivity contribution in [2.45, 2.75) is 13.5 Å². The van der Waals surface area contributed by atoms with Crippen LogP contribution in [0, 0.1) is 0 Å². The van der Waals surface area contributed by atoms with Crippen LogP contribution in [0.3, 0.4) is 0 Å². The monoisotopic (exact) mass is 461 g/mol. The van der Waals surface area contributed by atoms with Crippen molar-refractivity contribution < 1.29 is 28.8 Å². The normalized spacial score (nSPS) is 11.6. The Morgan fingerprint density at radius 1 is 0.941 bits per heavy atom. The summed E-state index contributed by atoms with van der Waals surface area (Å²) in [7, 11) is 3.08. The van der Waals surface area contributed by atoms with Crippen LogP contribution in [0.2, 0.25) is 0 Å². The van der Waals surface area contributed by atoms with Crippen LogP contribution in [-0.2, 0) is 16.1 Å². The van der Waals surface area contributed by atoms with Crippen molar-refractivity contribution in [3.8, 4) is 17.2 Å². The third-order valence-corrected chi connectivity index (χ3v) is 4.84. The highest BCUT2D eigenvalue weighted by atomic mass is 16.5. The number of ether oxygens (including phenoxy) is 4. The van der Waals surface area contributed by atoms with Gasteiger partial charge in [0.25, 0.3) is 0 Å². The van der Waals surface area contributed by atoms with Crippen molar-refractivity contribution in [2.75, 3.05) is 20.8 Å².